The van der Waals surface area contributed by atoms with E-state index in [0.29, 0.717) is 0 Å². The van der Waals surface area contributed by atoms with Crippen LogP contribution in [0.15, 0.2) is 0 Å². The van der Waals surface area contributed by atoms with Gasteiger partial charge in [0, 0.05) is 14.2 Å². The monoisotopic (exact) mass is 362 g/mol. The third-order valence-electron chi connectivity index (χ3n) is 1.80. The van der Waals surface area contributed by atoms with Gasteiger partial charge in [0.1, 0.15) is 13.2 Å². The number of methoxy groups -OCH3 is 2. The van der Waals surface area contributed by atoms with Crippen molar-refractivity contribution in [3.63, 3.8) is 0 Å². The van der Waals surface area contributed by atoms with Crippen molar-refractivity contribution in [2.45, 2.75) is 0 Å². The second kappa shape index (κ2) is 13.0. The predicted molar refractivity (Wildman–Crippen MR) is 70.3 cm³/mol. The largest absolute Gasteiger partial charge is 0.510 e. The molecule has 0 aromatic carbocycles. The maximum atomic E-state index is 11.3. The summed E-state index contributed by atoms with van der Waals surface area (Å²) in [6.45, 7) is -1.59. The van der Waals surface area contributed by atoms with E-state index >= 15 is 0 Å². The summed E-state index contributed by atoms with van der Waals surface area (Å²) in [6, 6.07) is 0. The summed E-state index contributed by atoms with van der Waals surface area (Å²) in [4.78, 5) is 31.1. The van der Waals surface area contributed by atoms with Crippen LogP contribution in [0.2, 0.25) is 0 Å². The maximum absolute atomic E-state index is 11.3. The van der Waals surface area contributed by atoms with Gasteiger partial charge in [0.05, 0.1) is 13.2 Å². The van der Waals surface area contributed by atoms with Gasteiger partial charge < -0.3 is 33.3 Å². The van der Waals surface area contributed by atoms with Crippen LogP contribution in [0.4, 0.5) is 9.59 Å². The number of carbonyl (C=O) groups is 2. The molecule has 1 N–H and O–H groups in total. The van der Waals surface area contributed by atoms with E-state index in [4.69, 9.17) is 0 Å². The summed E-state index contributed by atoms with van der Waals surface area (Å²) in [5.41, 5.74) is 0. The van der Waals surface area contributed by atoms with Gasteiger partial charge in [0.2, 0.25) is 13.6 Å². The van der Waals surface area contributed by atoms with Crippen LogP contribution in [-0.2, 0) is 42.0 Å². The summed E-state index contributed by atoms with van der Waals surface area (Å²) >= 11 is 0. The molecule has 0 amide bonds. The van der Waals surface area contributed by atoms with Crippen LogP contribution < -0.4 is 0 Å². The van der Waals surface area contributed by atoms with E-state index in [1.165, 1.54) is 14.2 Å². The molecule has 0 aromatic heterocycles. The molecule has 0 aliphatic rings. The van der Waals surface area contributed by atoms with E-state index in [1.807, 2.05) is 0 Å². The highest BCUT2D eigenvalue weighted by atomic mass is 31.2. The van der Waals surface area contributed by atoms with Gasteiger partial charge in [-0.25, -0.2) is 23.2 Å². The molecule has 13 heteroatoms. The zero-order chi connectivity index (χ0) is 17.6. The Labute approximate surface area is 132 Å². The standard InChI is InChI=1S/C10H19O12P/c1-15-3-5-17-9(11)19-7-21-23(13,14)22-8-20-10(12)18-6-4-16-2/h3-8H2,1-2H3,(H,13,14). The Kier molecular flexibility index (Phi) is 12.2. The molecule has 12 nitrogen and oxygen atoms in total. The van der Waals surface area contributed by atoms with Gasteiger partial charge in [-0.2, -0.15) is 0 Å². The Balaban J connectivity index is 3.73. The average Bonchev–Trinajstić information content (AvgIpc) is 2.47. The smallest absolute Gasteiger partial charge is 0.432 e. The topological polar surface area (TPSA) is 145 Å². The molecule has 0 radical (unpaired) electrons. The van der Waals surface area contributed by atoms with Crippen molar-refractivity contribution in [3.8, 4) is 0 Å². The number of carbonyl (C=O) groups excluding carboxylic acids is 2. The van der Waals surface area contributed by atoms with Gasteiger partial charge in [0.15, 0.2) is 0 Å². The number of rotatable bonds is 12. The van der Waals surface area contributed by atoms with Crippen LogP contribution in [0.3, 0.4) is 0 Å². The lowest BCUT2D eigenvalue weighted by Crippen LogP contribution is -2.14. The van der Waals surface area contributed by atoms with E-state index in [-0.39, 0.29) is 26.4 Å². The number of ether oxygens (including phenoxy) is 6. The fraction of sp³-hybridized carbons (Fsp3) is 0.800. The van der Waals surface area contributed by atoms with Crippen molar-refractivity contribution in [1.29, 1.82) is 0 Å². The highest BCUT2D eigenvalue weighted by Crippen LogP contribution is 2.42. The molecule has 0 aliphatic heterocycles. The minimum Gasteiger partial charge on any atom is -0.432 e. The first kappa shape index (κ1) is 21.6. The van der Waals surface area contributed by atoms with Gasteiger partial charge in [-0.3, -0.25) is 0 Å². The van der Waals surface area contributed by atoms with Crippen molar-refractivity contribution in [1.82, 2.24) is 0 Å². The molecule has 0 saturated heterocycles. The van der Waals surface area contributed by atoms with Crippen molar-refractivity contribution in [3.05, 3.63) is 0 Å². The number of hydrogen-bond acceptors (Lipinski definition) is 11. The molecule has 0 atom stereocenters. The summed E-state index contributed by atoms with van der Waals surface area (Å²) in [7, 11) is -1.76. The Bertz CT molecular complexity index is 354. The third kappa shape index (κ3) is 13.9. The minimum atomic E-state index is -4.58. The van der Waals surface area contributed by atoms with Crippen LogP contribution in [0.1, 0.15) is 0 Å². The van der Waals surface area contributed by atoms with Gasteiger partial charge in [-0.15, -0.1) is 0 Å². The first-order valence-electron chi connectivity index (χ1n) is 6.10. The number of hydrogen-bond donors (Lipinski definition) is 1. The van der Waals surface area contributed by atoms with Crippen LogP contribution in [0, 0.1) is 0 Å². The van der Waals surface area contributed by atoms with E-state index < -0.39 is 33.7 Å². The van der Waals surface area contributed by atoms with E-state index in [9.17, 15) is 19.0 Å². The first-order valence-corrected chi connectivity index (χ1v) is 7.59. The van der Waals surface area contributed by atoms with E-state index in [0.717, 1.165) is 0 Å². The Morgan fingerprint density at radius 3 is 1.52 bits per heavy atom. The van der Waals surface area contributed by atoms with Gasteiger partial charge in [0.25, 0.3) is 0 Å². The lowest BCUT2D eigenvalue weighted by molar-refractivity contribution is -0.0369. The second-order valence-electron chi connectivity index (χ2n) is 3.43. The Morgan fingerprint density at radius 2 is 1.17 bits per heavy atom. The van der Waals surface area contributed by atoms with Crippen LogP contribution in [0.25, 0.3) is 0 Å². The van der Waals surface area contributed by atoms with E-state index in [2.05, 4.69) is 37.5 Å². The zero-order valence-electron chi connectivity index (χ0n) is 12.6. The molecular weight excluding hydrogens is 343 g/mol. The quantitative estimate of drug-likeness (QED) is 0.225. The van der Waals surface area contributed by atoms with Crippen molar-refractivity contribution >= 4 is 20.1 Å². The SMILES string of the molecule is COCCOC(=O)OCOP(=O)(O)OCOC(=O)OCCOC. The molecule has 23 heavy (non-hydrogen) atoms. The molecule has 0 saturated carbocycles. The predicted octanol–water partition coefficient (Wildman–Crippen LogP) is 0.634. The van der Waals surface area contributed by atoms with Gasteiger partial charge >= 0.3 is 20.1 Å². The molecule has 0 rings (SSSR count). The van der Waals surface area contributed by atoms with Crippen LogP contribution >= 0.6 is 7.82 Å². The van der Waals surface area contributed by atoms with Crippen molar-refractivity contribution < 1.29 is 56.5 Å². The number of phosphoric ester groups is 1. The highest BCUT2D eigenvalue weighted by molar-refractivity contribution is 7.47. The van der Waals surface area contributed by atoms with Crippen LogP contribution in [0.5, 0.6) is 0 Å². The molecule has 0 fully saturated rings. The molecule has 0 aromatic rings. The molecule has 0 unspecified atom stereocenters. The fourth-order valence-corrected chi connectivity index (χ4v) is 1.27. The molecule has 0 bridgehead atoms. The molecule has 0 aliphatic carbocycles. The first-order chi connectivity index (χ1) is 10.9. The summed E-state index contributed by atoms with van der Waals surface area (Å²) in [6.07, 6.45) is -2.25. The fourth-order valence-electron chi connectivity index (χ4n) is 0.819. The second-order valence-corrected chi connectivity index (χ2v) is 4.89. The normalized spacial score (nSPS) is 10.9. The van der Waals surface area contributed by atoms with Crippen molar-refractivity contribution in [2.75, 3.05) is 54.2 Å². The van der Waals surface area contributed by atoms with E-state index in [1.54, 1.807) is 0 Å². The third-order valence-corrected chi connectivity index (χ3v) is 2.66. The Hall–Kier alpha value is -1.43. The van der Waals surface area contributed by atoms with Gasteiger partial charge in [-0.1, -0.05) is 0 Å². The van der Waals surface area contributed by atoms with Gasteiger partial charge in [-0.05, 0) is 0 Å². The van der Waals surface area contributed by atoms with Crippen molar-refractivity contribution in [2.24, 2.45) is 0 Å². The molecule has 0 spiro atoms. The number of phosphoric acid groups is 1. The summed E-state index contributed by atoms with van der Waals surface area (Å²) in [5, 5.41) is 0. The minimum absolute atomic E-state index is 0.0539. The highest BCUT2D eigenvalue weighted by Gasteiger charge is 2.23. The lowest BCUT2D eigenvalue weighted by Gasteiger charge is -2.12. The average molecular weight is 362 g/mol. The molecular formula is C10H19O12P. The van der Waals surface area contributed by atoms with Crippen LogP contribution in [-0.4, -0.2) is 71.4 Å². The zero-order valence-corrected chi connectivity index (χ0v) is 13.5. The molecule has 136 valence electrons. The Morgan fingerprint density at radius 1 is 0.783 bits per heavy atom. The molecule has 0 heterocycles. The summed E-state index contributed by atoms with van der Waals surface area (Å²) < 4.78 is 46.7. The maximum Gasteiger partial charge on any atom is 0.510 e. The summed E-state index contributed by atoms with van der Waals surface area (Å²) in [5.74, 6) is 0. The lowest BCUT2D eigenvalue weighted by atomic mass is 10.8.